The molecule has 0 radical (unpaired) electrons. The molecular weight excluding hydrogens is 142 g/mol. The molecule has 0 fully saturated rings. The first-order valence-electron chi connectivity index (χ1n) is 3.61. The van der Waals surface area contributed by atoms with Gasteiger partial charge in [0, 0.05) is 0 Å². The number of carbonyl (C=O) groups is 1. The molecule has 0 aliphatic heterocycles. The number of rotatable bonds is 4. The average Bonchev–Trinajstić information content (AvgIpc) is 1.81. The fourth-order valence-electron chi connectivity index (χ4n) is 0.805. The number of hydrogen-bond acceptors (Lipinski definition) is 2. The molecule has 0 rings (SSSR count). The minimum absolute atomic E-state index is 0.0599. The van der Waals surface area contributed by atoms with E-state index in [0.717, 1.165) is 6.54 Å². The van der Waals surface area contributed by atoms with Crippen LogP contribution >= 0.6 is 0 Å². The van der Waals surface area contributed by atoms with E-state index in [1.54, 1.807) is 0 Å². The molecule has 0 bridgehead atoms. The third-order valence-corrected chi connectivity index (χ3v) is 1.39. The van der Waals surface area contributed by atoms with Gasteiger partial charge < -0.3 is 14.4 Å². The van der Waals surface area contributed by atoms with E-state index in [-0.39, 0.29) is 6.54 Å². The van der Waals surface area contributed by atoms with E-state index in [2.05, 4.69) is 0 Å². The first-order valence-corrected chi connectivity index (χ1v) is 3.61. The monoisotopic (exact) mass is 157 g/mol. The highest BCUT2D eigenvalue weighted by atomic mass is 16.4. The van der Waals surface area contributed by atoms with Crippen LogP contribution in [-0.2, 0) is 4.79 Å². The molecule has 11 heavy (non-hydrogen) atoms. The molecule has 0 unspecified atom stereocenters. The van der Waals surface area contributed by atoms with Crippen molar-refractivity contribution in [2.45, 2.75) is 6.92 Å². The SMILES string of the molecule is C/C=C\C[N+](C)(C)CC(=O)[O-]. The average molecular weight is 157 g/mol. The van der Waals surface area contributed by atoms with Crippen molar-refractivity contribution in [3.8, 4) is 0 Å². The van der Waals surface area contributed by atoms with Crippen LogP contribution in [0.2, 0.25) is 0 Å². The fraction of sp³-hybridized carbons (Fsp3) is 0.625. The van der Waals surface area contributed by atoms with Crippen molar-refractivity contribution in [3.05, 3.63) is 12.2 Å². The van der Waals surface area contributed by atoms with E-state index in [1.807, 2.05) is 33.2 Å². The quantitative estimate of drug-likeness (QED) is 0.403. The van der Waals surface area contributed by atoms with Crippen LogP contribution < -0.4 is 5.11 Å². The van der Waals surface area contributed by atoms with Gasteiger partial charge in [-0.05, 0) is 13.0 Å². The lowest BCUT2D eigenvalue weighted by Gasteiger charge is -2.28. The van der Waals surface area contributed by atoms with Gasteiger partial charge in [0.05, 0.1) is 26.6 Å². The Labute approximate surface area is 67.5 Å². The lowest BCUT2D eigenvalue weighted by Crippen LogP contribution is -2.48. The molecule has 0 aliphatic rings. The Kier molecular flexibility index (Phi) is 3.82. The molecule has 64 valence electrons. The molecule has 0 atom stereocenters. The van der Waals surface area contributed by atoms with Gasteiger partial charge in [0.25, 0.3) is 0 Å². The van der Waals surface area contributed by atoms with Crippen molar-refractivity contribution in [2.75, 3.05) is 27.2 Å². The number of nitrogens with zero attached hydrogens (tertiary/aromatic N) is 1. The second-order valence-corrected chi connectivity index (χ2v) is 3.22. The number of carbonyl (C=O) groups excluding carboxylic acids is 1. The normalized spacial score (nSPS) is 12.3. The van der Waals surface area contributed by atoms with E-state index in [9.17, 15) is 9.90 Å². The number of aliphatic carboxylic acids is 1. The molecule has 0 amide bonds. The Morgan fingerprint density at radius 3 is 2.45 bits per heavy atom. The zero-order valence-electron chi connectivity index (χ0n) is 7.33. The molecule has 0 aliphatic carbocycles. The predicted octanol–water partition coefficient (Wildman–Crippen LogP) is -0.611. The Morgan fingerprint density at radius 1 is 1.55 bits per heavy atom. The van der Waals surface area contributed by atoms with E-state index in [1.165, 1.54) is 0 Å². The summed E-state index contributed by atoms with van der Waals surface area (Å²) in [6.07, 6.45) is 3.86. The predicted molar refractivity (Wildman–Crippen MR) is 41.7 cm³/mol. The van der Waals surface area contributed by atoms with Gasteiger partial charge in [-0.3, -0.25) is 0 Å². The summed E-state index contributed by atoms with van der Waals surface area (Å²) in [6, 6.07) is 0. The number of likely N-dealkylation sites (N-methyl/N-ethyl adjacent to an activating group) is 1. The molecule has 0 N–H and O–H groups in total. The second-order valence-electron chi connectivity index (χ2n) is 3.22. The maximum absolute atomic E-state index is 10.2. The highest BCUT2D eigenvalue weighted by molar-refractivity contribution is 5.65. The molecule has 0 heterocycles. The first-order chi connectivity index (χ1) is 4.98. The maximum atomic E-state index is 10.2. The minimum atomic E-state index is -1.00. The van der Waals surface area contributed by atoms with Gasteiger partial charge in [-0.2, -0.15) is 0 Å². The smallest absolute Gasteiger partial charge is 0.119 e. The van der Waals surface area contributed by atoms with Crippen molar-refractivity contribution >= 4 is 5.97 Å². The van der Waals surface area contributed by atoms with Crippen molar-refractivity contribution in [1.29, 1.82) is 0 Å². The van der Waals surface area contributed by atoms with E-state index in [4.69, 9.17) is 0 Å². The van der Waals surface area contributed by atoms with Crippen molar-refractivity contribution in [2.24, 2.45) is 0 Å². The molecule has 3 nitrogen and oxygen atoms in total. The van der Waals surface area contributed by atoms with Gasteiger partial charge >= 0.3 is 0 Å². The molecule has 0 saturated carbocycles. The lowest BCUT2D eigenvalue weighted by molar-refractivity contribution is -0.878. The Bertz CT molecular complexity index is 161. The molecule has 0 spiro atoms. The van der Waals surface area contributed by atoms with E-state index >= 15 is 0 Å². The van der Waals surface area contributed by atoms with Gasteiger partial charge in [0.1, 0.15) is 6.54 Å². The summed E-state index contributed by atoms with van der Waals surface area (Å²) in [6.45, 7) is 2.70. The van der Waals surface area contributed by atoms with Crippen LogP contribution in [0.25, 0.3) is 0 Å². The fourth-order valence-corrected chi connectivity index (χ4v) is 0.805. The number of hydrogen-bond donors (Lipinski definition) is 0. The first kappa shape index (κ1) is 10.2. The Hall–Kier alpha value is -0.830. The van der Waals surface area contributed by atoms with Crippen LogP contribution in [0.1, 0.15) is 6.92 Å². The third-order valence-electron chi connectivity index (χ3n) is 1.39. The number of allylic oxidation sites excluding steroid dienone is 1. The summed E-state index contributed by atoms with van der Waals surface area (Å²) >= 11 is 0. The Morgan fingerprint density at radius 2 is 2.09 bits per heavy atom. The number of quaternary nitrogens is 1. The summed E-state index contributed by atoms with van der Waals surface area (Å²) in [5, 5.41) is 10.2. The summed E-state index contributed by atoms with van der Waals surface area (Å²) in [4.78, 5) is 10.2. The van der Waals surface area contributed by atoms with Gasteiger partial charge in [0.15, 0.2) is 0 Å². The van der Waals surface area contributed by atoms with Crippen LogP contribution in [-0.4, -0.2) is 37.6 Å². The maximum Gasteiger partial charge on any atom is 0.119 e. The standard InChI is InChI=1S/C8H15NO2/c1-4-5-6-9(2,3)7-8(10)11/h4-5H,6-7H2,1-3H3/b5-4-. The Balaban J connectivity index is 3.89. The largest absolute Gasteiger partial charge is 0.544 e. The van der Waals surface area contributed by atoms with Crippen molar-refractivity contribution in [1.82, 2.24) is 0 Å². The van der Waals surface area contributed by atoms with Gasteiger partial charge in [-0.25, -0.2) is 0 Å². The molecule has 0 saturated heterocycles. The minimum Gasteiger partial charge on any atom is -0.544 e. The van der Waals surface area contributed by atoms with E-state index < -0.39 is 5.97 Å². The summed E-state index contributed by atoms with van der Waals surface area (Å²) in [5.74, 6) is -1.00. The van der Waals surface area contributed by atoms with Crippen LogP contribution in [0.5, 0.6) is 0 Å². The zero-order chi connectivity index (χ0) is 8.91. The van der Waals surface area contributed by atoms with Crippen LogP contribution in [0.15, 0.2) is 12.2 Å². The van der Waals surface area contributed by atoms with Crippen molar-refractivity contribution < 1.29 is 14.4 Å². The van der Waals surface area contributed by atoms with E-state index in [0.29, 0.717) is 4.48 Å². The van der Waals surface area contributed by atoms with Crippen LogP contribution in [0.4, 0.5) is 0 Å². The summed E-state index contributed by atoms with van der Waals surface area (Å²) in [7, 11) is 3.71. The highest BCUT2D eigenvalue weighted by Gasteiger charge is 2.11. The number of carboxylic acid groups (broad SMARTS) is 1. The summed E-state index contributed by atoms with van der Waals surface area (Å²) in [5.41, 5.74) is 0. The topological polar surface area (TPSA) is 40.1 Å². The van der Waals surface area contributed by atoms with Gasteiger partial charge in [-0.15, -0.1) is 0 Å². The molecule has 0 aromatic rings. The van der Waals surface area contributed by atoms with Gasteiger partial charge in [0.2, 0.25) is 0 Å². The van der Waals surface area contributed by atoms with Crippen LogP contribution in [0, 0.1) is 0 Å². The zero-order valence-corrected chi connectivity index (χ0v) is 7.33. The molecular formula is C8H15NO2. The summed E-state index contributed by atoms with van der Waals surface area (Å²) < 4.78 is 0.437. The number of carboxylic acids is 1. The molecule has 3 heteroatoms. The van der Waals surface area contributed by atoms with Crippen LogP contribution in [0.3, 0.4) is 0 Å². The van der Waals surface area contributed by atoms with Crippen molar-refractivity contribution in [3.63, 3.8) is 0 Å². The lowest BCUT2D eigenvalue weighted by atomic mass is 10.4. The highest BCUT2D eigenvalue weighted by Crippen LogP contribution is 1.95. The second kappa shape index (κ2) is 4.13. The molecule has 0 aromatic heterocycles. The molecule has 0 aromatic carbocycles. The van der Waals surface area contributed by atoms with Gasteiger partial charge in [-0.1, -0.05) is 6.08 Å². The third kappa shape index (κ3) is 5.61.